The van der Waals surface area contributed by atoms with E-state index in [1.54, 1.807) is 7.11 Å². The van der Waals surface area contributed by atoms with E-state index in [9.17, 15) is 0 Å². The molecule has 0 unspecified atom stereocenters. The van der Waals surface area contributed by atoms with E-state index in [1.807, 2.05) is 23.7 Å². The minimum Gasteiger partial charge on any atom is -0.383 e. The number of fused-ring (bicyclic) bond motifs is 1. The van der Waals surface area contributed by atoms with Crippen molar-refractivity contribution in [1.29, 1.82) is 0 Å². The summed E-state index contributed by atoms with van der Waals surface area (Å²) in [5, 5.41) is 7.83. The Labute approximate surface area is 130 Å². The molecule has 0 saturated heterocycles. The lowest BCUT2D eigenvalue weighted by molar-refractivity contribution is 0.210. The van der Waals surface area contributed by atoms with E-state index in [2.05, 4.69) is 46.6 Å². The summed E-state index contributed by atoms with van der Waals surface area (Å²) >= 11 is 0. The SMILES string of the molecule is COCCNc1cc(C)nc2c(-c3ccc(C)cc3)cnn12. The average Bonchev–Trinajstić information content (AvgIpc) is 2.92. The summed E-state index contributed by atoms with van der Waals surface area (Å²) < 4.78 is 6.93. The first kappa shape index (κ1) is 14.5. The van der Waals surface area contributed by atoms with Gasteiger partial charge in [-0.25, -0.2) is 4.98 Å². The first-order valence-electron chi connectivity index (χ1n) is 7.34. The smallest absolute Gasteiger partial charge is 0.165 e. The number of ether oxygens (including phenoxy) is 1. The Morgan fingerprint density at radius 2 is 1.95 bits per heavy atom. The summed E-state index contributed by atoms with van der Waals surface area (Å²) in [6.45, 7) is 5.46. The lowest BCUT2D eigenvalue weighted by Gasteiger charge is -2.09. The summed E-state index contributed by atoms with van der Waals surface area (Å²) in [5.74, 6) is 0.929. The van der Waals surface area contributed by atoms with Gasteiger partial charge in [-0.2, -0.15) is 9.61 Å². The van der Waals surface area contributed by atoms with Crippen molar-refractivity contribution in [3.05, 3.63) is 47.8 Å². The lowest BCUT2D eigenvalue weighted by Crippen LogP contribution is -2.11. The standard InChI is InChI=1S/C17H20N4O/c1-12-4-6-14(7-5-12)15-11-19-21-16(18-8-9-22-3)10-13(2)20-17(15)21/h4-7,10-11,18H,8-9H2,1-3H3. The molecule has 3 rings (SSSR count). The molecule has 0 spiro atoms. The number of methoxy groups -OCH3 is 1. The van der Waals surface area contributed by atoms with E-state index >= 15 is 0 Å². The van der Waals surface area contributed by atoms with Crippen LogP contribution in [0.25, 0.3) is 16.8 Å². The van der Waals surface area contributed by atoms with Gasteiger partial charge >= 0.3 is 0 Å². The number of aryl methyl sites for hydroxylation is 2. The van der Waals surface area contributed by atoms with Crippen LogP contribution in [0, 0.1) is 13.8 Å². The molecule has 0 aliphatic heterocycles. The summed E-state index contributed by atoms with van der Waals surface area (Å²) in [5.41, 5.74) is 5.23. The third kappa shape index (κ3) is 2.80. The van der Waals surface area contributed by atoms with Crippen LogP contribution in [0.5, 0.6) is 0 Å². The van der Waals surface area contributed by atoms with Gasteiger partial charge in [-0.1, -0.05) is 29.8 Å². The fraction of sp³-hybridized carbons (Fsp3) is 0.294. The molecular formula is C17H20N4O. The Kier molecular flexibility index (Phi) is 4.06. The number of rotatable bonds is 5. The van der Waals surface area contributed by atoms with Crippen LogP contribution in [0.3, 0.4) is 0 Å². The molecule has 5 nitrogen and oxygen atoms in total. The lowest BCUT2D eigenvalue weighted by atomic mass is 10.1. The van der Waals surface area contributed by atoms with Crippen molar-refractivity contribution in [2.45, 2.75) is 13.8 Å². The maximum atomic E-state index is 5.08. The predicted molar refractivity (Wildman–Crippen MR) is 88.3 cm³/mol. The average molecular weight is 296 g/mol. The van der Waals surface area contributed by atoms with Crippen molar-refractivity contribution in [3.8, 4) is 11.1 Å². The Balaban J connectivity index is 2.04. The third-order valence-electron chi connectivity index (χ3n) is 3.57. The van der Waals surface area contributed by atoms with Gasteiger partial charge in [0.15, 0.2) is 5.65 Å². The number of anilines is 1. The van der Waals surface area contributed by atoms with E-state index in [-0.39, 0.29) is 0 Å². The Morgan fingerprint density at radius 1 is 1.18 bits per heavy atom. The number of hydrogen-bond acceptors (Lipinski definition) is 4. The van der Waals surface area contributed by atoms with Gasteiger partial charge in [0.2, 0.25) is 0 Å². The number of hydrogen-bond donors (Lipinski definition) is 1. The molecule has 0 aliphatic carbocycles. The van der Waals surface area contributed by atoms with E-state index in [0.29, 0.717) is 6.61 Å². The molecule has 0 fully saturated rings. The summed E-state index contributed by atoms with van der Waals surface area (Å²) in [6.07, 6.45) is 1.87. The summed E-state index contributed by atoms with van der Waals surface area (Å²) in [6, 6.07) is 10.4. The fourth-order valence-corrected chi connectivity index (χ4v) is 2.43. The van der Waals surface area contributed by atoms with Gasteiger partial charge in [0.05, 0.1) is 12.8 Å². The monoisotopic (exact) mass is 296 g/mol. The molecule has 1 N–H and O–H groups in total. The van der Waals surface area contributed by atoms with Gasteiger partial charge in [0, 0.05) is 31.0 Å². The van der Waals surface area contributed by atoms with Crippen molar-refractivity contribution in [2.75, 3.05) is 25.6 Å². The highest BCUT2D eigenvalue weighted by atomic mass is 16.5. The molecule has 5 heteroatoms. The highest BCUT2D eigenvalue weighted by molar-refractivity contribution is 5.78. The van der Waals surface area contributed by atoms with Crippen LogP contribution in [-0.2, 0) is 4.74 Å². The largest absolute Gasteiger partial charge is 0.383 e. The molecule has 0 saturated carbocycles. The summed E-state index contributed by atoms with van der Waals surface area (Å²) in [7, 11) is 1.69. The highest BCUT2D eigenvalue weighted by Gasteiger charge is 2.11. The molecule has 0 aliphatic rings. The van der Waals surface area contributed by atoms with Gasteiger partial charge in [-0.05, 0) is 19.4 Å². The van der Waals surface area contributed by atoms with Crippen LogP contribution < -0.4 is 5.32 Å². The van der Waals surface area contributed by atoms with Crippen molar-refractivity contribution in [3.63, 3.8) is 0 Å². The van der Waals surface area contributed by atoms with E-state index in [0.717, 1.165) is 34.8 Å². The van der Waals surface area contributed by atoms with E-state index in [1.165, 1.54) is 5.56 Å². The maximum Gasteiger partial charge on any atom is 0.165 e. The van der Waals surface area contributed by atoms with Gasteiger partial charge < -0.3 is 10.1 Å². The quantitative estimate of drug-likeness (QED) is 0.735. The van der Waals surface area contributed by atoms with Crippen molar-refractivity contribution in [1.82, 2.24) is 14.6 Å². The zero-order valence-electron chi connectivity index (χ0n) is 13.1. The van der Waals surface area contributed by atoms with Crippen molar-refractivity contribution in [2.24, 2.45) is 0 Å². The number of benzene rings is 1. The van der Waals surface area contributed by atoms with Crippen molar-refractivity contribution < 1.29 is 4.74 Å². The molecular weight excluding hydrogens is 276 g/mol. The van der Waals surface area contributed by atoms with Crippen LogP contribution in [0.15, 0.2) is 36.5 Å². The van der Waals surface area contributed by atoms with Gasteiger partial charge in [-0.3, -0.25) is 0 Å². The normalized spacial score (nSPS) is 11.0. The minimum atomic E-state index is 0.648. The zero-order valence-corrected chi connectivity index (χ0v) is 13.1. The molecule has 0 amide bonds. The molecule has 2 aromatic heterocycles. The second-order valence-electron chi connectivity index (χ2n) is 5.36. The number of nitrogens with zero attached hydrogens (tertiary/aromatic N) is 3. The van der Waals surface area contributed by atoms with E-state index in [4.69, 9.17) is 4.74 Å². The summed E-state index contributed by atoms with van der Waals surface area (Å²) in [4.78, 5) is 4.65. The molecule has 114 valence electrons. The second-order valence-corrected chi connectivity index (χ2v) is 5.36. The number of aromatic nitrogens is 3. The maximum absolute atomic E-state index is 5.08. The van der Waals surface area contributed by atoms with Crippen LogP contribution in [0.1, 0.15) is 11.3 Å². The molecule has 1 aromatic carbocycles. The van der Waals surface area contributed by atoms with Crippen LogP contribution >= 0.6 is 0 Å². The molecule has 0 radical (unpaired) electrons. The number of nitrogens with one attached hydrogen (secondary N) is 1. The molecule has 0 bridgehead atoms. The van der Waals surface area contributed by atoms with Crippen molar-refractivity contribution >= 4 is 11.5 Å². The van der Waals surface area contributed by atoms with E-state index < -0.39 is 0 Å². The second kappa shape index (κ2) is 6.15. The van der Waals surface area contributed by atoms with Crippen LogP contribution in [0.4, 0.5) is 5.82 Å². The highest BCUT2D eigenvalue weighted by Crippen LogP contribution is 2.25. The van der Waals surface area contributed by atoms with Gasteiger partial charge in [-0.15, -0.1) is 0 Å². The van der Waals surface area contributed by atoms with Crippen LogP contribution in [-0.4, -0.2) is 34.9 Å². The topological polar surface area (TPSA) is 51.5 Å². The predicted octanol–water partition coefficient (Wildman–Crippen LogP) is 3.07. The Morgan fingerprint density at radius 3 is 2.68 bits per heavy atom. The zero-order chi connectivity index (χ0) is 15.5. The third-order valence-corrected chi connectivity index (χ3v) is 3.57. The van der Waals surface area contributed by atoms with Gasteiger partial charge in [0.1, 0.15) is 5.82 Å². The minimum absolute atomic E-state index is 0.648. The molecule has 2 heterocycles. The first-order chi connectivity index (χ1) is 10.7. The molecule has 22 heavy (non-hydrogen) atoms. The molecule has 0 atom stereocenters. The Hall–Kier alpha value is -2.40. The van der Waals surface area contributed by atoms with Crippen LogP contribution in [0.2, 0.25) is 0 Å². The van der Waals surface area contributed by atoms with Gasteiger partial charge in [0.25, 0.3) is 0 Å². The fourth-order valence-electron chi connectivity index (χ4n) is 2.43. The molecule has 3 aromatic rings. The Bertz CT molecular complexity index is 777. The first-order valence-corrected chi connectivity index (χ1v) is 7.34.